The van der Waals surface area contributed by atoms with Gasteiger partial charge in [0.2, 0.25) is 0 Å². The van der Waals surface area contributed by atoms with E-state index in [4.69, 9.17) is 0 Å². The van der Waals surface area contributed by atoms with Gasteiger partial charge in [-0.2, -0.15) is 0 Å². The summed E-state index contributed by atoms with van der Waals surface area (Å²) in [5.74, 6) is -1.07. The number of aryl methyl sites for hydroxylation is 1. The van der Waals surface area contributed by atoms with Crippen LogP contribution in [0.25, 0.3) is 11.1 Å². The third kappa shape index (κ3) is 3.93. The molecule has 1 atom stereocenters. The molecule has 1 aliphatic heterocycles. The molecule has 2 aromatic carbocycles. The first-order chi connectivity index (χ1) is 13.6. The number of hydrogen-bond acceptors (Lipinski definition) is 2. The molecule has 3 nitrogen and oxygen atoms in total. The van der Waals surface area contributed by atoms with Gasteiger partial charge in [-0.1, -0.05) is 23.8 Å². The van der Waals surface area contributed by atoms with Crippen LogP contribution in [0.4, 0.5) is 8.78 Å². The molecule has 1 aliphatic carbocycles. The number of halogens is 2. The van der Waals surface area contributed by atoms with Crippen molar-refractivity contribution in [2.24, 2.45) is 5.41 Å². The summed E-state index contributed by atoms with van der Waals surface area (Å²) in [6, 6.07) is 9.33. The highest BCUT2D eigenvalue weighted by atomic mass is 19.1. The van der Waals surface area contributed by atoms with Gasteiger partial charge in [-0.05, 0) is 81.2 Å². The molecule has 154 valence electrons. The minimum atomic E-state index is -1.45. The van der Waals surface area contributed by atoms with Crippen LogP contribution >= 0.6 is 0 Å². The molecule has 0 bridgehead atoms. The Balaban J connectivity index is 1.67. The van der Waals surface area contributed by atoms with E-state index in [0.717, 1.165) is 24.8 Å². The molecule has 5 heteroatoms. The lowest BCUT2D eigenvalue weighted by molar-refractivity contribution is -0.148. The number of hydrogen-bond donors (Lipinski definition) is 1. The summed E-state index contributed by atoms with van der Waals surface area (Å²) in [4.78, 5) is 14.5. The second kappa shape index (κ2) is 6.91. The van der Waals surface area contributed by atoms with Crippen molar-refractivity contribution in [3.8, 4) is 11.1 Å². The summed E-state index contributed by atoms with van der Waals surface area (Å²) in [7, 11) is 0. The molecule has 2 aromatic rings. The fraction of sp³-hybridized carbons (Fsp3) is 0.458. The molecule has 29 heavy (non-hydrogen) atoms. The zero-order valence-corrected chi connectivity index (χ0v) is 17.1. The molecule has 1 amide bonds. The SMILES string of the molecule is Cc1cc(C[C@H]2CC3(CC3)CN2C(=O)C(C)(C)O)c(F)c(-c2cccc(F)c2)c1. The molecule has 1 spiro atoms. The number of nitrogens with zero attached hydrogens (tertiary/aromatic N) is 1. The standard InChI is InChI=1S/C24H27F2NO2/c1-15-9-17(21(26)20(10-15)16-5-4-6-18(25)11-16)12-19-13-24(7-8-24)14-27(19)22(28)23(2,3)29/h4-6,9-11,19,29H,7-8,12-14H2,1-3H3/t19-/m0/s1. The van der Waals surface area contributed by atoms with Crippen LogP contribution in [0.5, 0.6) is 0 Å². The highest BCUT2D eigenvalue weighted by Gasteiger charge is 2.54. The zero-order valence-electron chi connectivity index (χ0n) is 17.1. The van der Waals surface area contributed by atoms with Crippen LogP contribution in [-0.2, 0) is 11.2 Å². The summed E-state index contributed by atoms with van der Waals surface area (Å²) in [6.45, 7) is 5.52. The van der Waals surface area contributed by atoms with Crippen molar-refractivity contribution >= 4 is 5.91 Å². The zero-order chi connectivity index (χ0) is 21.0. The van der Waals surface area contributed by atoms with Crippen molar-refractivity contribution in [1.29, 1.82) is 0 Å². The lowest BCUT2D eigenvalue weighted by atomic mass is 9.93. The normalized spacial score (nSPS) is 20.3. The van der Waals surface area contributed by atoms with E-state index in [2.05, 4.69) is 0 Å². The fourth-order valence-corrected chi connectivity index (χ4v) is 4.59. The maximum atomic E-state index is 15.4. The average Bonchev–Trinajstić information content (AvgIpc) is 3.29. The van der Waals surface area contributed by atoms with Gasteiger partial charge in [0, 0.05) is 18.2 Å². The number of rotatable bonds is 4. The van der Waals surface area contributed by atoms with Gasteiger partial charge in [-0.25, -0.2) is 8.78 Å². The second-order valence-electron chi connectivity index (χ2n) is 9.35. The monoisotopic (exact) mass is 399 g/mol. The van der Waals surface area contributed by atoms with Gasteiger partial charge >= 0.3 is 0 Å². The van der Waals surface area contributed by atoms with Gasteiger partial charge in [0.25, 0.3) is 5.91 Å². The van der Waals surface area contributed by atoms with E-state index in [0.29, 0.717) is 29.7 Å². The molecule has 1 N–H and O–H groups in total. The molecule has 2 fully saturated rings. The molecule has 0 unspecified atom stereocenters. The molecule has 4 rings (SSSR count). The number of carbonyl (C=O) groups excluding carboxylic acids is 1. The Bertz CT molecular complexity index is 960. The fourth-order valence-electron chi connectivity index (χ4n) is 4.59. The lowest BCUT2D eigenvalue weighted by Gasteiger charge is -2.30. The predicted octanol–water partition coefficient (Wildman–Crippen LogP) is 4.63. The van der Waals surface area contributed by atoms with E-state index in [9.17, 15) is 14.3 Å². The highest BCUT2D eigenvalue weighted by Crippen LogP contribution is 2.55. The van der Waals surface area contributed by atoms with E-state index in [-0.39, 0.29) is 23.2 Å². The molecule has 0 aromatic heterocycles. The van der Waals surface area contributed by atoms with Crippen LogP contribution < -0.4 is 0 Å². The number of aliphatic hydroxyl groups is 1. The van der Waals surface area contributed by atoms with E-state index in [1.54, 1.807) is 23.1 Å². The number of carbonyl (C=O) groups is 1. The minimum Gasteiger partial charge on any atom is -0.381 e. The predicted molar refractivity (Wildman–Crippen MR) is 108 cm³/mol. The smallest absolute Gasteiger partial charge is 0.254 e. The quantitative estimate of drug-likeness (QED) is 0.814. The molecule has 1 saturated heterocycles. The molecule has 0 radical (unpaired) electrons. The van der Waals surface area contributed by atoms with Gasteiger partial charge in [0.15, 0.2) is 0 Å². The Morgan fingerprint density at radius 3 is 2.59 bits per heavy atom. The number of likely N-dealkylation sites (tertiary alicyclic amines) is 1. The van der Waals surface area contributed by atoms with Gasteiger partial charge in [0.05, 0.1) is 0 Å². The van der Waals surface area contributed by atoms with Crippen molar-refractivity contribution in [3.63, 3.8) is 0 Å². The van der Waals surface area contributed by atoms with E-state index < -0.39 is 11.4 Å². The third-order valence-corrected chi connectivity index (χ3v) is 6.24. The van der Waals surface area contributed by atoms with Gasteiger partial charge in [-0.3, -0.25) is 4.79 Å². The maximum Gasteiger partial charge on any atom is 0.254 e. The van der Waals surface area contributed by atoms with Crippen LogP contribution in [0.3, 0.4) is 0 Å². The molecular formula is C24H27F2NO2. The lowest BCUT2D eigenvalue weighted by Crippen LogP contribution is -2.48. The van der Waals surface area contributed by atoms with E-state index >= 15 is 4.39 Å². The Labute approximate surface area is 170 Å². The first kappa shape index (κ1) is 20.0. The van der Waals surface area contributed by atoms with Crippen LogP contribution in [-0.4, -0.2) is 34.1 Å². The van der Waals surface area contributed by atoms with Crippen molar-refractivity contribution in [2.75, 3.05) is 6.54 Å². The number of benzene rings is 2. The Morgan fingerprint density at radius 2 is 1.97 bits per heavy atom. The van der Waals surface area contributed by atoms with Crippen LogP contribution in [0.15, 0.2) is 36.4 Å². The largest absolute Gasteiger partial charge is 0.381 e. The Hall–Kier alpha value is -2.27. The Kier molecular flexibility index (Phi) is 4.77. The van der Waals surface area contributed by atoms with E-state index in [1.807, 2.05) is 13.0 Å². The number of amides is 1. The van der Waals surface area contributed by atoms with Gasteiger partial charge < -0.3 is 10.0 Å². The second-order valence-corrected chi connectivity index (χ2v) is 9.35. The summed E-state index contributed by atoms with van der Waals surface area (Å²) >= 11 is 0. The first-order valence-electron chi connectivity index (χ1n) is 10.2. The van der Waals surface area contributed by atoms with Crippen LogP contribution in [0.1, 0.15) is 44.2 Å². The average molecular weight is 399 g/mol. The van der Waals surface area contributed by atoms with Crippen molar-refractivity contribution < 1.29 is 18.7 Å². The summed E-state index contributed by atoms with van der Waals surface area (Å²) < 4.78 is 29.1. The molecule has 2 aliphatic rings. The molecule has 1 saturated carbocycles. The Morgan fingerprint density at radius 1 is 1.24 bits per heavy atom. The van der Waals surface area contributed by atoms with Crippen molar-refractivity contribution in [1.82, 2.24) is 4.90 Å². The minimum absolute atomic E-state index is 0.136. The summed E-state index contributed by atoms with van der Waals surface area (Å²) in [6.07, 6.45) is 3.37. The highest BCUT2D eigenvalue weighted by molar-refractivity contribution is 5.84. The maximum absolute atomic E-state index is 15.4. The van der Waals surface area contributed by atoms with Crippen molar-refractivity contribution in [3.05, 3.63) is 59.2 Å². The van der Waals surface area contributed by atoms with Gasteiger partial charge in [0.1, 0.15) is 17.2 Å². The molecular weight excluding hydrogens is 372 g/mol. The van der Waals surface area contributed by atoms with Crippen molar-refractivity contribution in [2.45, 2.75) is 58.1 Å². The molecule has 1 heterocycles. The van der Waals surface area contributed by atoms with Gasteiger partial charge in [-0.15, -0.1) is 0 Å². The first-order valence-corrected chi connectivity index (χ1v) is 10.2. The summed E-state index contributed by atoms with van der Waals surface area (Å²) in [5, 5.41) is 10.2. The summed E-state index contributed by atoms with van der Waals surface area (Å²) in [5.41, 5.74) is 0.981. The third-order valence-electron chi connectivity index (χ3n) is 6.24. The van der Waals surface area contributed by atoms with Crippen LogP contribution in [0.2, 0.25) is 0 Å². The topological polar surface area (TPSA) is 40.5 Å². The van der Waals surface area contributed by atoms with Crippen LogP contribution in [0, 0.1) is 24.0 Å². The van der Waals surface area contributed by atoms with E-state index in [1.165, 1.54) is 26.0 Å².